The maximum atomic E-state index is 11.3. The van der Waals surface area contributed by atoms with Gasteiger partial charge >= 0.3 is 5.97 Å². The predicted molar refractivity (Wildman–Crippen MR) is 54.6 cm³/mol. The molecule has 17 heavy (non-hydrogen) atoms. The van der Waals surface area contributed by atoms with Crippen LogP contribution in [0.2, 0.25) is 0 Å². The number of hydrogen-bond acceptors (Lipinski definition) is 5. The van der Waals surface area contributed by atoms with Crippen LogP contribution in [0.4, 0.5) is 0 Å². The lowest BCUT2D eigenvalue weighted by atomic mass is 10.2. The van der Waals surface area contributed by atoms with Crippen molar-refractivity contribution in [1.29, 1.82) is 5.26 Å². The number of hydrogen-bond donors (Lipinski definition) is 3. The first-order valence-electron chi connectivity index (χ1n) is 4.91. The Kier molecular flexibility index (Phi) is 4.42. The number of carbonyl (C=O) groups excluding carboxylic acids is 2. The van der Waals surface area contributed by atoms with Gasteiger partial charge in [0.25, 0.3) is 0 Å². The number of nitrogens with one attached hydrogen (secondary N) is 2. The summed E-state index contributed by atoms with van der Waals surface area (Å²) in [5, 5.41) is 21.9. The monoisotopic (exact) mass is 240 g/mol. The molecular weight excluding hydrogens is 228 g/mol. The zero-order valence-corrected chi connectivity index (χ0v) is 8.97. The molecule has 0 aromatic rings. The lowest BCUT2D eigenvalue weighted by Crippen LogP contribution is -2.59. The number of rotatable bonds is 4. The number of carboxylic acid groups (broad SMARTS) is 1. The molecule has 0 saturated carbocycles. The minimum absolute atomic E-state index is 0.0281. The Bertz CT molecular complexity index is 376. The summed E-state index contributed by atoms with van der Waals surface area (Å²) >= 11 is 0. The van der Waals surface area contributed by atoms with Crippen LogP contribution in [0.25, 0.3) is 0 Å². The van der Waals surface area contributed by atoms with Crippen molar-refractivity contribution in [1.82, 2.24) is 15.5 Å². The largest absolute Gasteiger partial charge is 0.480 e. The van der Waals surface area contributed by atoms with Gasteiger partial charge in [0.15, 0.2) is 0 Å². The van der Waals surface area contributed by atoms with Crippen molar-refractivity contribution in [2.24, 2.45) is 0 Å². The third-order valence-corrected chi connectivity index (χ3v) is 2.28. The van der Waals surface area contributed by atoms with Crippen molar-refractivity contribution in [2.75, 3.05) is 26.2 Å². The molecule has 0 aromatic heterocycles. The van der Waals surface area contributed by atoms with Gasteiger partial charge in [0.1, 0.15) is 12.6 Å². The molecule has 3 N–H and O–H groups in total. The van der Waals surface area contributed by atoms with Crippen molar-refractivity contribution in [3.8, 4) is 6.07 Å². The lowest BCUT2D eigenvalue weighted by molar-refractivity contribution is -0.146. The fraction of sp³-hybridized carbons (Fsp3) is 0.556. The Labute approximate surface area is 97.2 Å². The maximum absolute atomic E-state index is 11.3. The molecule has 1 rings (SSSR count). The van der Waals surface area contributed by atoms with Gasteiger partial charge < -0.3 is 15.7 Å². The molecule has 0 radical (unpaired) electrons. The average molecular weight is 240 g/mol. The van der Waals surface area contributed by atoms with Gasteiger partial charge in [-0.1, -0.05) is 0 Å². The fourth-order valence-corrected chi connectivity index (χ4v) is 1.48. The third kappa shape index (κ3) is 3.73. The van der Waals surface area contributed by atoms with E-state index in [4.69, 9.17) is 10.4 Å². The number of carbonyl (C=O) groups is 3. The molecule has 1 unspecified atom stereocenters. The molecular formula is C9H12N4O4. The van der Waals surface area contributed by atoms with Gasteiger partial charge in [0.05, 0.1) is 19.2 Å². The summed E-state index contributed by atoms with van der Waals surface area (Å²) in [5.41, 5.74) is 0. The molecule has 0 aliphatic carbocycles. The van der Waals surface area contributed by atoms with E-state index in [-0.39, 0.29) is 32.1 Å². The SMILES string of the molecule is N#CCNC(=O)CN1CC(=O)NCC1C(=O)O. The van der Waals surface area contributed by atoms with E-state index in [1.54, 1.807) is 6.07 Å². The zero-order chi connectivity index (χ0) is 12.8. The van der Waals surface area contributed by atoms with E-state index in [2.05, 4.69) is 10.6 Å². The molecule has 1 saturated heterocycles. The Balaban J connectivity index is 2.58. The van der Waals surface area contributed by atoms with Gasteiger partial charge in [-0.2, -0.15) is 5.26 Å². The summed E-state index contributed by atoms with van der Waals surface area (Å²) in [5.74, 6) is -1.90. The molecule has 1 fully saturated rings. The van der Waals surface area contributed by atoms with Crippen LogP contribution in [0.1, 0.15) is 0 Å². The number of amides is 2. The first-order valence-corrected chi connectivity index (χ1v) is 4.91. The second-order valence-corrected chi connectivity index (χ2v) is 3.50. The van der Waals surface area contributed by atoms with Crippen molar-refractivity contribution < 1.29 is 19.5 Å². The minimum atomic E-state index is -1.10. The quantitative estimate of drug-likeness (QED) is 0.467. The molecule has 2 amide bonds. The number of piperazine rings is 1. The highest BCUT2D eigenvalue weighted by Gasteiger charge is 2.32. The van der Waals surface area contributed by atoms with E-state index in [1.807, 2.05) is 0 Å². The summed E-state index contributed by atoms with van der Waals surface area (Å²) < 4.78 is 0. The Morgan fingerprint density at radius 1 is 1.65 bits per heavy atom. The minimum Gasteiger partial charge on any atom is -0.480 e. The van der Waals surface area contributed by atoms with Crippen LogP contribution in [0.5, 0.6) is 0 Å². The van der Waals surface area contributed by atoms with Gasteiger partial charge in [-0.15, -0.1) is 0 Å². The predicted octanol–water partition coefficient (Wildman–Crippen LogP) is -2.49. The van der Waals surface area contributed by atoms with Crippen molar-refractivity contribution in [2.45, 2.75) is 6.04 Å². The summed E-state index contributed by atoms with van der Waals surface area (Å²) in [7, 11) is 0. The van der Waals surface area contributed by atoms with E-state index >= 15 is 0 Å². The average Bonchev–Trinajstić information content (AvgIpc) is 2.26. The van der Waals surface area contributed by atoms with Gasteiger partial charge in [0, 0.05) is 6.54 Å². The third-order valence-electron chi connectivity index (χ3n) is 2.28. The van der Waals surface area contributed by atoms with Gasteiger partial charge in [0.2, 0.25) is 11.8 Å². The van der Waals surface area contributed by atoms with E-state index in [1.165, 1.54) is 4.90 Å². The molecule has 8 heteroatoms. The highest BCUT2D eigenvalue weighted by atomic mass is 16.4. The highest BCUT2D eigenvalue weighted by Crippen LogP contribution is 2.03. The molecule has 0 bridgehead atoms. The number of nitriles is 1. The van der Waals surface area contributed by atoms with Crippen LogP contribution in [0, 0.1) is 11.3 Å². The smallest absolute Gasteiger partial charge is 0.322 e. The normalized spacial score (nSPS) is 20.2. The zero-order valence-electron chi connectivity index (χ0n) is 8.97. The molecule has 92 valence electrons. The number of nitrogens with zero attached hydrogens (tertiary/aromatic N) is 2. The summed E-state index contributed by atoms with van der Waals surface area (Å²) in [6, 6.07) is 0.816. The standard InChI is InChI=1S/C9H12N4O4/c10-1-2-11-7(14)4-13-5-8(15)12-3-6(13)9(16)17/h6H,2-5H2,(H,11,14)(H,12,15)(H,16,17). The van der Waals surface area contributed by atoms with Crippen molar-refractivity contribution in [3.63, 3.8) is 0 Å². The maximum Gasteiger partial charge on any atom is 0.322 e. The Morgan fingerprint density at radius 3 is 2.94 bits per heavy atom. The first kappa shape index (κ1) is 12.9. The molecule has 1 aliphatic rings. The summed E-state index contributed by atoms with van der Waals surface area (Å²) in [6.45, 7) is -0.528. The van der Waals surface area contributed by atoms with Gasteiger partial charge in [-0.25, -0.2) is 0 Å². The van der Waals surface area contributed by atoms with Crippen LogP contribution in [-0.4, -0.2) is 60.0 Å². The fourth-order valence-electron chi connectivity index (χ4n) is 1.48. The second kappa shape index (κ2) is 5.81. The van der Waals surface area contributed by atoms with Crippen LogP contribution < -0.4 is 10.6 Å². The van der Waals surface area contributed by atoms with Crippen LogP contribution >= 0.6 is 0 Å². The Morgan fingerprint density at radius 2 is 2.35 bits per heavy atom. The van der Waals surface area contributed by atoms with Crippen molar-refractivity contribution >= 4 is 17.8 Å². The molecule has 1 atom stereocenters. The number of carboxylic acids is 1. The molecule has 0 spiro atoms. The van der Waals surface area contributed by atoms with Crippen LogP contribution in [0.3, 0.4) is 0 Å². The van der Waals surface area contributed by atoms with E-state index < -0.39 is 17.9 Å². The first-order chi connectivity index (χ1) is 8.04. The Hall–Kier alpha value is -2.14. The molecule has 0 aromatic carbocycles. The van der Waals surface area contributed by atoms with E-state index in [0.29, 0.717) is 0 Å². The molecule has 1 heterocycles. The summed E-state index contributed by atoms with van der Waals surface area (Å²) in [4.78, 5) is 34.6. The van der Waals surface area contributed by atoms with Gasteiger partial charge in [-0.3, -0.25) is 19.3 Å². The van der Waals surface area contributed by atoms with Gasteiger partial charge in [-0.05, 0) is 0 Å². The molecule has 1 aliphatic heterocycles. The topological polar surface area (TPSA) is 123 Å². The van der Waals surface area contributed by atoms with E-state index in [9.17, 15) is 14.4 Å². The van der Waals surface area contributed by atoms with Crippen molar-refractivity contribution in [3.05, 3.63) is 0 Å². The van der Waals surface area contributed by atoms with E-state index in [0.717, 1.165) is 0 Å². The second-order valence-electron chi connectivity index (χ2n) is 3.50. The highest BCUT2D eigenvalue weighted by molar-refractivity contribution is 5.85. The summed E-state index contributed by atoms with van der Waals surface area (Å²) in [6.07, 6.45) is 0. The lowest BCUT2D eigenvalue weighted by Gasteiger charge is -2.31. The number of aliphatic carboxylic acids is 1. The van der Waals surface area contributed by atoms with Crippen LogP contribution in [0.15, 0.2) is 0 Å². The van der Waals surface area contributed by atoms with Crippen LogP contribution in [-0.2, 0) is 14.4 Å². The molecule has 8 nitrogen and oxygen atoms in total.